The molecule has 0 bridgehead atoms. The van der Waals surface area contributed by atoms with Gasteiger partial charge in [-0.2, -0.15) is 0 Å². The second kappa shape index (κ2) is 10.7. The standard InChI is InChI=1S/C11H22O/c1-3-4-5-6-7-8-9-10-11-12-2/h7-8H,3-6,9-11H2,1-2H3. The highest BCUT2D eigenvalue weighted by Gasteiger charge is 1.83. The molecule has 0 N–H and O–H groups in total. The molecule has 0 unspecified atom stereocenters. The molecule has 0 aliphatic rings. The van der Waals surface area contributed by atoms with Gasteiger partial charge in [-0.05, 0) is 25.7 Å². The van der Waals surface area contributed by atoms with Crippen LogP contribution in [0.4, 0.5) is 0 Å². The van der Waals surface area contributed by atoms with Crippen molar-refractivity contribution < 1.29 is 4.74 Å². The van der Waals surface area contributed by atoms with Gasteiger partial charge in [-0.25, -0.2) is 0 Å². The summed E-state index contributed by atoms with van der Waals surface area (Å²) in [4.78, 5) is 0. The zero-order valence-corrected chi connectivity index (χ0v) is 8.51. The summed E-state index contributed by atoms with van der Waals surface area (Å²) in [5.41, 5.74) is 0. The Kier molecular flexibility index (Phi) is 10.4. The summed E-state index contributed by atoms with van der Waals surface area (Å²) < 4.78 is 4.95. The zero-order chi connectivity index (χ0) is 9.07. The maximum atomic E-state index is 4.95. The van der Waals surface area contributed by atoms with Gasteiger partial charge in [-0.1, -0.05) is 31.9 Å². The van der Waals surface area contributed by atoms with Crippen LogP contribution in [0.15, 0.2) is 12.2 Å². The molecule has 0 saturated carbocycles. The van der Waals surface area contributed by atoms with Crippen molar-refractivity contribution in [1.82, 2.24) is 0 Å². The molecule has 0 atom stereocenters. The molecule has 0 aromatic heterocycles. The second-order valence-electron chi connectivity index (χ2n) is 3.10. The van der Waals surface area contributed by atoms with E-state index in [0.717, 1.165) is 13.0 Å². The molecular formula is C11H22O. The molecule has 0 saturated heterocycles. The van der Waals surface area contributed by atoms with Crippen LogP contribution < -0.4 is 0 Å². The Morgan fingerprint density at radius 2 is 1.67 bits per heavy atom. The van der Waals surface area contributed by atoms with Crippen LogP contribution >= 0.6 is 0 Å². The highest BCUT2D eigenvalue weighted by Crippen LogP contribution is 2.00. The average Bonchev–Trinajstić information content (AvgIpc) is 2.10. The van der Waals surface area contributed by atoms with Crippen LogP contribution in [0.2, 0.25) is 0 Å². The van der Waals surface area contributed by atoms with Gasteiger partial charge in [0.25, 0.3) is 0 Å². The molecule has 72 valence electrons. The molecule has 0 aromatic carbocycles. The summed E-state index contributed by atoms with van der Waals surface area (Å²) in [6.07, 6.45) is 12.2. The molecule has 0 radical (unpaired) electrons. The maximum Gasteiger partial charge on any atom is 0.0465 e. The van der Waals surface area contributed by atoms with E-state index in [2.05, 4.69) is 19.1 Å². The molecule has 0 aromatic rings. The Hall–Kier alpha value is -0.300. The van der Waals surface area contributed by atoms with Crippen molar-refractivity contribution in [2.75, 3.05) is 13.7 Å². The number of hydrogen-bond donors (Lipinski definition) is 0. The number of allylic oxidation sites excluding steroid dienone is 2. The summed E-state index contributed by atoms with van der Waals surface area (Å²) in [7, 11) is 1.75. The van der Waals surface area contributed by atoms with Crippen molar-refractivity contribution in [3.05, 3.63) is 12.2 Å². The lowest BCUT2D eigenvalue weighted by molar-refractivity contribution is 0.196. The fraction of sp³-hybridized carbons (Fsp3) is 0.818. The van der Waals surface area contributed by atoms with Gasteiger partial charge in [-0.15, -0.1) is 0 Å². The van der Waals surface area contributed by atoms with Gasteiger partial charge >= 0.3 is 0 Å². The minimum absolute atomic E-state index is 0.888. The Balaban J connectivity index is 2.93. The first kappa shape index (κ1) is 11.7. The number of methoxy groups -OCH3 is 1. The minimum Gasteiger partial charge on any atom is -0.385 e. The van der Waals surface area contributed by atoms with E-state index in [9.17, 15) is 0 Å². The Bertz CT molecular complexity index is 85.2. The predicted octanol–water partition coefficient (Wildman–Crippen LogP) is 3.55. The first-order chi connectivity index (χ1) is 5.91. The summed E-state index contributed by atoms with van der Waals surface area (Å²) in [5, 5.41) is 0. The number of ether oxygens (including phenoxy) is 1. The molecule has 1 nitrogen and oxygen atoms in total. The van der Waals surface area contributed by atoms with E-state index in [1.54, 1.807) is 7.11 Å². The second-order valence-corrected chi connectivity index (χ2v) is 3.10. The van der Waals surface area contributed by atoms with Crippen molar-refractivity contribution in [2.45, 2.75) is 45.4 Å². The van der Waals surface area contributed by atoms with Crippen LogP contribution in [0.5, 0.6) is 0 Å². The molecular weight excluding hydrogens is 148 g/mol. The molecule has 0 heterocycles. The summed E-state index contributed by atoms with van der Waals surface area (Å²) in [6.45, 7) is 3.13. The summed E-state index contributed by atoms with van der Waals surface area (Å²) in [6, 6.07) is 0. The third-order valence-corrected chi connectivity index (χ3v) is 1.86. The fourth-order valence-electron chi connectivity index (χ4n) is 1.09. The van der Waals surface area contributed by atoms with Crippen LogP contribution in [0.1, 0.15) is 45.4 Å². The van der Waals surface area contributed by atoms with Crippen molar-refractivity contribution >= 4 is 0 Å². The Morgan fingerprint density at radius 3 is 2.25 bits per heavy atom. The average molecular weight is 170 g/mol. The highest BCUT2D eigenvalue weighted by molar-refractivity contribution is 4.81. The van der Waals surface area contributed by atoms with Crippen molar-refractivity contribution in [2.24, 2.45) is 0 Å². The summed E-state index contributed by atoms with van der Waals surface area (Å²) >= 11 is 0. The van der Waals surface area contributed by atoms with Crippen LogP contribution in [0.25, 0.3) is 0 Å². The van der Waals surface area contributed by atoms with E-state index in [4.69, 9.17) is 4.74 Å². The Morgan fingerprint density at radius 1 is 1.00 bits per heavy atom. The van der Waals surface area contributed by atoms with Gasteiger partial charge in [0.2, 0.25) is 0 Å². The molecule has 0 aliphatic carbocycles. The third-order valence-electron chi connectivity index (χ3n) is 1.86. The van der Waals surface area contributed by atoms with E-state index in [0.29, 0.717) is 0 Å². The monoisotopic (exact) mass is 170 g/mol. The minimum atomic E-state index is 0.888. The van der Waals surface area contributed by atoms with E-state index < -0.39 is 0 Å². The van der Waals surface area contributed by atoms with E-state index in [1.165, 1.54) is 32.1 Å². The normalized spacial score (nSPS) is 11.2. The smallest absolute Gasteiger partial charge is 0.0465 e. The van der Waals surface area contributed by atoms with E-state index >= 15 is 0 Å². The van der Waals surface area contributed by atoms with Gasteiger partial charge in [0.1, 0.15) is 0 Å². The van der Waals surface area contributed by atoms with Gasteiger partial charge in [0, 0.05) is 13.7 Å². The molecule has 0 rings (SSSR count). The van der Waals surface area contributed by atoms with Crippen LogP contribution in [0.3, 0.4) is 0 Å². The topological polar surface area (TPSA) is 9.23 Å². The zero-order valence-electron chi connectivity index (χ0n) is 8.51. The molecule has 0 aliphatic heterocycles. The molecule has 0 fully saturated rings. The highest BCUT2D eigenvalue weighted by atomic mass is 16.5. The SMILES string of the molecule is CCCCCC=CCCCOC. The third kappa shape index (κ3) is 9.70. The van der Waals surface area contributed by atoms with Gasteiger partial charge in [0.15, 0.2) is 0 Å². The molecule has 0 spiro atoms. The van der Waals surface area contributed by atoms with Crippen LogP contribution in [-0.4, -0.2) is 13.7 Å². The first-order valence-corrected chi connectivity index (χ1v) is 5.05. The molecule has 12 heavy (non-hydrogen) atoms. The number of rotatable bonds is 8. The Labute approximate surface area is 76.8 Å². The van der Waals surface area contributed by atoms with Crippen molar-refractivity contribution in [3.63, 3.8) is 0 Å². The first-order valence-electron chi connectivity index (χ1n) is 5.05. The predicted molar refractivity (Wildman–Crippen MR) is 54.4 cm³/mol. The van der Waals surface area contributed by atoms with Crippen molar-refractivity contribution in [1.29, 1.82) is 0 Å². The fourth-order valence-corrected chi connectivity index (χ4v) is 1.09. The van der Waals surface area contributed by atoms with E-state index in [-0.39, 0.29) is 0 Å². The molecule has 1 heteroatoms. The molecule has 0 amide bonds. The number of hydrogen-bond acceptors (Lipinski definition) is 1. The quantitative estimate of drug-likeness (QED) is 0.400. The van der Waals surface area contributed by atoms with Gasteiger partial charge in [-0.3, -0.25) is 0 Å². The lowest BCUT2D eigenvalue weighted by Crippen LogP contribution is -1.85. The van der Waals surface area contributed by atoms with E-state index in [1.807, 2.05) is 0 Å². The van der Waals surface area contributed by atoms with Crippen molar-refractivity contribution in [3.8, 4) is 0 Å². The van der Waals surface area contributed by atoms with Crippen LogP contribution in [0, 0.1) is 0 Å². The number of unbranched alkanes of at least 4 members (excludes halogenated alkanes) is 4. The van der Waals surface area contributed by atoms with Gasteiger partial charge < -0.3 is 4.74 Å². The summed E-state index contributed by atoms with van der Waals surface area (Å²) in [5.74, 6) is 0. The lowest BCUT2D eigenvalue weighted by atomic mass is 10.2. The van der Waals surface area contributed by atoms with Crippen LogP contribution in [-0.2, 0) is 4.74 Å². The lowest BCUT2D eigenvalue weighted by Gasteiger charge is -1.94. The maximum absolute atomic E-state index is 4.95. The van der Waals surface area contributed by atoms with Gasteiger partial charge in [0.05, 0.1) is 0 Å². The largest absolute Gasteiger partial charge is 0.385 e.